The molecule has 1 fully saturated rings. The molecule has 1 aliphatic heterocycles. The zero-order chi connectivity index (χ0) is 17.6. The smallest absolute Gasteiger partial charge is 0.255 e. The summed E-state index contributed by atoms with van der Waals surface area (Å²) < 4.78 is 18.9. The first-order valence-electron chi connectivity index (χ1n) is 8.34. The number of benzene rings is 2. The van der Waals surface area contributed by atoms with Crippen LogP contribution >= 0.6 is 0 Å². The summed E-state index contributed by atoms with van der Waals surface area (Å²) in [6.45, 7) is 1.69. The highest BCUT2D eigenvalue weighted by molar-refractivity contribution is 5.96. The summed E-state index contributed by atoms with van der Waals surface area (Å²) in [4.78, 5) is 14.5. The average molecular weight is 338 g/mol. The Morgan fingerprint density at radius 3 is 2.92 bits per heavy atom. The van der Waals surface area contributed by atoms with Crippen molar-refractivity contribution in [3.63, 3.8) is 0 Å². The number of ether oxygens (including phenoxy) is 1. The van der Waals surface area contributed by atoms with Crippen molar-refractivity contribution in [2.75, 3.05) is 19.7 Å². The van der Waals surface area contributed by atoms with Crippen molar-refractivity contribution in [1.82, 2.24) is 4.90 Å². The molecule has 0 aliphatic carbocycles. The Morgan fingerprint density at radius 2 is 2.12 bits per heavy atom. The van der Waals surface area contributed by atoms with Gasteiger partial charge >= 0.3 is 0 Å². The number of amides is 1. The van der Waals surface area contributed by atoms with Crippen molar-refractivity contribution in [2.45, 2.75) is 12.8 Å². The molecule has 0 unspecified atom stereocenters. The van der Waals surface area contributed by atoms with E-state index in [0.29, 0.717) is 36.6 Å². The average Bonchev–Trinajstić information content (AvgIpc) is 2.66. The van der Waals surface area contributed by atoms with Gasteiger partial charge in [0.2, 0.25) is 0 Å². The summed E-state index contributed by atoms with van der Waals surface area (Å²) in [6.07, 6.45) is 1.84. The lowest BCUT2D eigenvalue weighted by Crippen LogP contribution is -2.41. The number of piperidine rings is 1. The quantitative estimate of drug-likeness (QED) is 0.855. The molecule has 2 aromatic carbocycles. The van der Waals surface area contributed by atoms with Gasteiger partial charge in [-0.25, -0.2) is 4.39 Å². The second-order valence-corrected chi connectivity index (χ2v) is 6.19. The normalized spacial score (nSPS) is 17.0. The van der Waals surface area contributed by atoms with Crippen LogP contribution in [0.5, 0.6) is 5.75 Å². The van der Waals surface area contributed by atoms with Crippen LogP contribution in [0.15, 0.2) is 48.5 Å². The Labute approximate surface area is 146 Å². The number of likely N-dealkylation sites (tertiary alicyclic amines) is 1. The van der Waals surface area contributed by atoms with Gasteiger partial charge in [-0.15, -0.1) is 0 Å². The molecule has 128 valence electrons. The molecule has 0 N–H and O–H groups in total. The molecule has 0 aromatic heterocycles. The Hall–Kier alpha value is -2.87. The predicted octanol–water partition coefficient (Wildman–Crippen LogP) is 3.63. The summed E-state index contributed by atoms with van der Waals surface area (Å²) in [6, 6.07) is 15.0. The molecule has 3 rings (SSSR count). The van der Waals surface area contributed by atoms with Gasteiger partial charge in [0.1, 0.15) is 11.6 Å². The third-order valence-corrected chi connectivity index (χ3v) is 4.37. The van der Waals surface area contributed by atoms with Gasteiger partial charge in [-0.1, -0.05) is 18.2 Å². The number of hydrogen-bond donors (Lipinski definition) is 0. The van der Waals surface area contributed by atoms with Gasteiger partial charge in [0, 0.05) is 25.1 Å². The lowest BCUT2D eigenvalue weighted by Gasteiger charge is -2.33. The van der Waals surface area contributed by atoms with E-state index >= 15 is 0 Å². The molecule has 4 nitrogen and oxygen atoms in total. The van der Waals surface area contributed by atoms with Crippen molar-refractivity contribution in [1.29, 1.82) is 5.26 Å². The molecule has 0 radical (unpaired) electrons. The molecule has 25 heavy (non-hydrogen) atoms. The fourth-order valence-electron chi connectivity index (χ4n) is 3.09. The third-order valence-electron chi connectivity index (χ3n) is 4.37. The Bertz CT molecular complexity index is 800. The van der Waals surface area contributed by atoms with Gasteiger partial charge in [0.25, 0.3) is 5.91 Å². The van der Waals surface area contributed by atoms with Crippen molar-refractivity contribution in [3.8, 4) is 11.8 Å². The summed E-state index contributed by atoms with van der Waals surface area (Å²) in [5.41, 5.74) is 0.835. The minimum absolute atomic E-state index is 0.118. The molecule has 5 heteroatoms. The number of carbonyl (C=O) groups is 1. The fraction of sp³-hybridized carbons (Fsp3) is 0.300. The van der Waals surface area contributed by atoms with E-state index in [4.69, 9.17) is 4.74 Å². The third kappa shape index (κ3) is 4.16. The van der Waals surface area contributed by atoms with Crippen LogP contribution in [0.1, 0.15) is 28.8 Å². The minimum atomic E-state index is -0.328. The van der Waals surface area contributed by atoms with Crippen LogP contribution in [-0.2, 0) is 0 Å². The molecular weight excluding hydrogens is 319 g/mol. The Kier molecular flexibility index (Phi) is 5.30. The SMILES string of the molecule is N#Cc1ccccc1C(=O)N1CCC[C@@H](COc2cccc(F)c2)C1. The standard InChI is InChI=1S/C20H19FN2O2/c21-17-7-3-8-18(11-17)25-14-15-5-4-10-23(13-15)20(24)19-9-2-1-6-16(19)12-22/h1-3,6-9,11,15H,4-5,10,13-14H2/t15-/m1/s1. The first kappa shape index (κ1) is 17.0. The van der Waals surface area contributed by atoms with Crippen molar-refractivity contribution < 1.29 is 13.9 Å². The van der Waals surface area contributed by atoms with Crippen LogP contribution in [0.3, 0.4) is 0 Å². The lowest BCUT2D eigenvalue weighted by atomic mass is 9.97. The van der Waals surface area contributed by atoms with Crippen LogP contribution in [-0.4, -0.2) is 30.5 Å². The molecular formula is C20H19FN2O2. The van der Waals surface area contributed by atoms with E-state index in [9.17, 15) is 14.4 Å². The van der Waals surface area contributed by atoms with E-state index in [0.717, 1.165) is 12.8 Å². The van der Waals surface area contributed by atoms with E-state index in [1.54, 1.807) is 41.3 Å². The number of nitriles is 1. The summed E-state index contributed by atoms with van der Waals surface area (Å²) >= 11 is 0. The van der Waals surface area contributed by atoms with Crippen LogP contribution in [0, 0.1) is 23.1 Å². The minimum Gasteiger partial charge on any atom is -0.493 e. The number of carbonyl (C=O) groups excluding carboxylic acids is 1. The van der Waals surface area contributed by atoms with Gasteiger partial charge in [0.15, 0.2) is 0 Å². The molecule has 0 saturated carbocycles. The van der Waals surface area contributed by atoms with Crippen LogP contribution in [0.4, 0.5) is 4.39 Å². The maximum absolute atomic E-state index is 13.2. The Balaban J connectivity index is 1.63. The monoisotopic (exact) mass is 338 g/mol. The van der Waals surface area contributed by atoms with E-state index in [-0.39, 0.29) is 17.6 Å². The predicted molar refractivity (Wildman–Crippen MR) is 91.7 cm³/mol. The number of hydrogen-bond acceptors (Lipinski definition) is 3. The lowest BCUT2D eigenvalue weighted by molar-refractivity contribution is 0.0633. The van der Waals surface area contributed by atoms with E-state index in [2.05, 4.69) is 6.07 Å². The van der Waals surface area contributed by atoms with Crippen molar-refractivity contribution >= 4 is 5.91 Å². The van der Waals surface area contributed by atoms with Gasteiger partial charge in [-0.2, -0.15) is 5.26 Å². The molecule has 1 amide bonds. The van der Waals surface area contributed by atoms with Crippen molar-refractivity contribution in [3.05, 3.63) is 65.5 Å². The maximum atomic E-state index is 13.2. The van der Waals surface area contributed by atoms with Gasteiger partial charge in [-0.3, -0.25) is 4.79 Å². The number of nitrogens with zero attached hydrogens (tertiary/aromatic N) is 2. The fourth-order valence-corrected chi connectivity index (χ4v) is 3.09. The molecule has 0 bridgehead atoms. The second kappa shape index (κ2) is 7.80. The van der Waals surface area contributed by atoms with Gasteiger partial charge in [-0.05, 0) is 37.1 Å². The summed E-state index contributed by atoms with van der Waals surface area (Å²) in [5.74, 6) is 0.243. The molecule has 1 saturated heterocycles. The van der Waals surface area contributed by atoms with Gasteiger partial charge in [0.05, 0.1) is 23.8 Å². The zero-order valence-corrected chi connectivity index (χ0v) is 13.8. The first-order valence-corrected chi connectivity index (χ1v) is 8.34. The van der Waals surface area contributed by atoms with Crippen LogP contribution in [0.25, 0.3) is 0 Å². The largest absolute Gasteiger partial charge is 0.493 e. The van der Waals surface area contributed by atoms with E-state index in [1.165, 1.54) is 12.1 Å². The Morgan fingerprint density at radius 1 is 1.28 bits per heavy atom. The molecule has 0 spiro atoms. The summed E-state index contributed by atoms with van der Waals surface area (Å²) in [7, 11) is 0. The zero-order valence-electron chi connectivity index (χ0n) is 13.8. The molecule has 1 atom stereocenters. The highest BCUT2D eigenvalue weighted by atomic mass is 19.1. The topological polar surface area (TPSA) is 53.3 Å². The first-order chi connectivity index (χ1) is 12.2. The van der Waals surface area contributed by atoms with E-state index < -0.39 is 0 Å². The highest BCUT2D eigenvalue weighted by Crippen LogP contribution is 2.21. The molecule has 1 heterocycles. The molecule has 2 aromatic rings. The van der Waals surface area contributed by atoms with Crippen molar-refractivity contribution in [2.24, 2.45) is 5.92 Å². The van der Waals surface area contributed by atoms with Gasteiger partial charge < -0.3 is 9.64 Å². The number of rotatable bonds is 4. The maximum Gasteiger partial charge on any atom is 0.255 e. The molecule has 1 aliphatic rings. The van der Waals surface area contributed by atoms with E-state index in [1.807, 2.05) is 0 Å². The highest BCUT2D eigenvalue weighted by Gasteiger charge is 2.26. The summed E-state index contributed by atoms with van der Waals surface area (Å²) in [5, 5.41) is 9.18. The number of halogens is 1. The van der Waals surface area contributed by atoms with Crippen LogP contribution in [0.2, 0.25) is 0 Å². The second-order valence-electron chi connectivity index (χ2n) is 6.19. The van der Waals surface area contributed by atoms with Crippen LogP contribution < -0.4 is 4.74 Å².